The van der Waals surface area contributed by atoms with E-state index >= 15 is 0 Å². The molecule has 0 radical (unpaired) electrons. The summed E-state index contributed by atoms with van der Waals surface area (Å²) in [5.41, 5.74) is 0.703. The maximum atomic E-state index is 11.5. The Hall–Kier alpha value is -2.15. The summed E-state index contributed by atoms with van der Waals surface area (Å²) in [6.07, 6.45) is 0. The molecule has 0 bridgehead atoms. The number of hydrogen-bond donors (Lipinski definition) is 4. The molecular weight excluding hydrogens is 226 g/mol. The average Bonchev–Trinajstić information content (AvgIpc) is 2.65. The van der Waals surface area contributed by atoms with E-state index in [1.54, 1.807) is 12.1 Å². The van der Waals surface area contributed by atoms with E-state index in [-0.39, 0.29) is 16.8 Å². The molecule has 82 valence electrons. The highest BCUT2D eigenvalue weighted by Crippen LogP contribution is 2.05. The molecule has 0 saturated heterocycles. The highest BCUT2D eigenvalue weighted by molar-refractivity contribution is 7.71. The Morgan fingerprint density at radius 1 is 1.19 bits per heavy atom. The fraction of sp³-hybridized carbons (Fsp3) is 0. The lowest BCUT2D eigenvalue weighted by atomic mass is 10.3. The normalized spacial score (nSPS) is 9.75. The summed E-state index contributed by atoms with van der Waals surface area (Å²) >= 11 is 4.75. The molecule has 6 nitrogen and oxygen atoms in total. The fourth-order valence-electron chi connectivity index (χ4n) is 1.12. The number of hydrogen-bond acceptors (Lipinski definition) is 3. The lowest BCUT2D eigenvalue weighted by molar-refractivity contribution is 0.262. The zero-order valence-corrected chi connectivity index (χ0v) is 8.97. The van der Waals surface area contributed by atoms with Crippen LogP contribution in [0.15, 0.2) is 30.3 Å². The number of carbonyl (C=O) groups is 1. The van der Waals surface area contributed by atoms with Crippen molar-refractivity contribution in [1.82, 2.24) is 15.2 Å². The third-order valence-electron chi connectivity index (χ3n) is 1.76. The number of aromatic amines is 2. The minimum absolute atomic E-state index is 0.276. The molecule has 0 atom stereocenters. The molecule has 2 rings (SSSR count). The largest absolute Gasteiger partial charge is 0.326 e. The molecule has 0 spiro atoms. The number of aromatic nitrogens is 3. The first-order valence-corrected chi connectivity index (χ1v) is 4.92. The second-order valence-corrected chi connectivity index (χ2v) is 3.35. The van der Waals surface area contributed by atoms with Crippen LogP contribution in [0.25, 0.3) is 0 Å². The van der Waals surface area contributed by atoms with Crippen molar-refractivity contribution < 1.29 is 4.79 Å². The van der Waals surface area contributed by atoms with Crippen LogP contribution in [0.5, 0.6) is 0 Å². The van der Waals surface area contributed by atoms with Crippen molar-refractivity contribution in [2.75, 3.05) is 10.6 Å². The third-order valence-corrected chi connectivity index (χ3v) is 1.96. The molecule has 2 amide bonds. The topological polar surface area (TPSA) is 85.6 Å². The van der Waals surface area contributed by atoms with Crippen molar-refractivity contribution in [2.45, 2.75) is 0 Å². The van der Waals surface area contributed by atoms with Crippen molar-refractivity contribution in [2.24, 2.45) is 0 Å². The Morgan fingerprint density at radius 2 is 1.94 bits per heavy atom. The highest BCUT2D eigenvalue weighted by atomic mass is 32.1. The van der Waals surface area contributed by atoms with E-state index in [1.165, 1.54) is 0 Å². The van der Waals surface area contributed by atoms with Gasteiger partial charge in [0.1, 0.15) is 0 Å². The summed E-state index contributed by atoms with van der Waals surface area (Å²) < 4.78 is 0.287. The van der Waals surface area contributed by atoms with Crippen molar-refractivity contribution in [1.29, 1.82) is 0 Å². The van der Waals surface area contributed by atoms with Crippen LogP contribution in [0.4, 0.5) is 16.4 Å². The molecule has 16 heavy (non-hydrogen) atoms. The Labute approximate surface area is 96.1 Å². The predicted molar refractivity (Wildman–Crippen MR) is 62.9 cm³/mol. The lowest BCUT2D eigenvalue weighted by Gasteiger charge is -2.04. The van der Waals surface area contributed by atoms with Crippen LogP contribution in [0.2, 0.25) is 0 Å². The van der Waals surface area contributed by atoms with Crippen LogP contribution in [-0.2, 0) is 0 Å². The minimum atomic E-state index is -0.385. The van der Waals surface area contributed by atoms with Crippen LogP contribution >= 0.6 is 12.2 Å². The van der Waals surface area contributed by atoms with Crippen molar-refractivity contribution >= 4 is 29.9 Å². The molecule has 2 aromatic rings. The van der Waals surface area contributed by atoms with Gasteiger partial charge >= 0.3 is 6.03 Å². The Kier molecular flexibility index (Phi) is 2.97. The molecule has 0 saturated carbocycles. The van der Waals surface area contributed by atoms with E-state index < -0.39 is 0 Å². The van der Waals surface area contributed by atoms with E-state index in [9.17, 15) is 4.79 Å². The number of nitrogens with one attached hydrogen (secondary N) is 4. The van der Waals surface area contributed by atoms with Crippen LogP contribution in [0, 0.1) is 4.77 Å². The second kappa shape index (κ2) is 4.58. The number of para-hydroxylation sites is 1. The van der Waals surface area contributed by atoms with Gasteiger partial charge in [-0.2, -0.15) is 4.98 Å². The van der Waals surface area contributed by atoms with Gasteiger partial charge in [0.05, 0.1) is 0 Å². The van der Waals surface area contributed by atoms with Crippen molar-refractivity contribution in [3.63, 3.8) is 0 Å². The predicted octanol–water partition coefficient (Wildman–Crippen LogP) is 2.11. The smallest absolute Gasteiger partial charge is 0.308 e. The monoisotopic (exact) mass is 235 g/mol. The minimum Gasteiger partial charge on any atom is -0.308 e. The van der Waals surface area contributed by atoms with Crippen LogP contribution in [-0.4, -0.2) is 21.2 Å². The van der Waals surface area contributed by atoms with Gasteiger partial charge in [-0.15, -0.1) is 0 Å². The summed E-state index contributed by atoms with van der Waals surface area (Å²) in [6, 6.07) is 8.71. The van der Waals surface area contributed by atoms with Gasteiger partial charge in [-0.05, 0) is 24.4 Å². The van der Waals surface area contributed by atoms with E-state index in [4.69, 9.17) is 12.2 Å². The van der Waals surface area contributed by atoms with Gasteiger partial charge in [0.25, 0.3) is 0 Å². The van der Waals surface area contributed by atoms with Crippen LogP contribution in [0.1, 0.15) is 0 Å². The second-order valence-electron chi connectivity index (χ2n) is 2.96. The number of urea groups is 1. The van der Waals surface area contributed by atoms with Crippen molar-refractivity contribution in [3.8, 4) is 0 Å². The molecule has 0 unspecified atom stereocenters. The molecule has 1 aromatic heterocycles. The van der Waals surface area contributed by atoms with Crippen molar-refractivity contribution in [3.05, 3.63) is 35.1 Å². The maximum absolute atomic E-state index is 11.5. The molecule has 1 aromatic carbocycles. The van der Waals surface area contributed by atoms with Gasteiger partial charge in [0, 0.05) is 5.69 Å². The van der Waals surface area contributed by atoms with E-state index in [0.29, 0.717) is 5.69 Å². The van der Waals surface area contributed by atoms with E-state index in [0.717, 1.165) is 0 Å². The molecule has 7 heteroatoms. The number of amides is 2. The van der Waals surface area contributed by atoms with Gasteiger partial charge in [-0.25, -0.2) is 4.79 Å². The summed E-state index contributed by atoms with van der Waals surface area (Å²) in [7, 11) is 0. The Bertz CT molecular complexity index is 532. The molecule has 4 N–H and O–H groups in total. The van der Waals surface area contributed by atoms with E-state index in [2.05, 4.69) is 25.8 Å². The molecule has 0 aliphatic rings. The highest BCUT2D eigenvalue weighted by Gasteiger charge is 2.03. The summed E-state index contributed by atoms with van der Waals surface area (Å²) in [5.74, 6) is 0.276. The molecule has 0 aliphatic heterocycles. The van der Waals surface area contributed by atoms with Gasteiger partial charge in [0.2, 0.25) is 10.7 Å². The standard InChI is InChI=1S/C9H9N5OS/c15-8(10-6-4-2-1-3-5-6)11-7-12-9(16)14-13-7/h1-5H,(H4,10,11,12,13,14,15,16). The molecular formula is C9H9N5OS. The van der Waals surface area contributed by atoms with Gasteiger partial charge in [0.15, 0.2) is 0 Å². The average molecular weight is 235 g/mol. The third kappa shape index (κ3) is 2.67. The SMILES string of the molecule is O=C(Nc1ccccc1)Nc1nc(=S)[nH][nH]1. The Balaban J connectivity index is 1.97. The summed E-state index contributed by atoms with van der Waals surface area (Å²) in [4.78, 5) is 15.3. The molecule has 0 aliphatic carbocycles. The Morgan fingerprint density at radius 3 is 2.56 bits per heavy atom. The van der Waals surface area contributed by atoms with Gasteiger partial charge in [-0.3, -0.25) is 15.5 Å². The molecule has 1 heterocycles. The molecule has 0 fully saturated rings. The maximum Gasteiger partial charge on any atom is 0.326 e. The van der Waals surface area contributed by atoms with Gasteiger partial charge < -0.3 is 5.32 Å². The first-order valence-electron chi connectivity index (χ1n) is 4.52. The quantitative estimate of drug-likeness (QED) is 0.601. The number of nitrogens with zero attached hydrogens (tertiary/aromatic N) is 1. The number of carbonyl (C=O) groups excluding carboxylic acids is 1. The zero-order chi connectivity index (χ0) is 11.4. The fourth-order valence-corrected chi connectivity index (χ4v) is 1.26. The number of rotatable bonds is 2. The van der Waals surface area contributed by atoms with Crippen LogP contribution in [0.3, 0.4) is 0 Å². The summed E-state index contributed by atoms with van der Waals surface area (Å²) in [5, 5.41) is 10.3. The number of benzene rings is 1. The van der Waals surface area contributed by atoms with Crippen LogP contribution < -0.4 is 10.6 Å². The first kappa shape index (κ1) is 10.4. The lowest BCUT2D eigenvalue weighted by Crippen LogP contribution is -2.20. The van der Waals surface area contributed by atoms with E-state index in [1.807, 2.05) is 18.2 Å². The zero-order valence-electron chi connectivity index (χ0n) is 8.15. The summed E-state index contributed by atoms with van der Waals surface area (Å²) in [6.45, 7) is 0. The number of H-pyrrole nitrogens is 2. The first-order chi connectivity index (χ1) is 7.74. The number of anilines is 2. The van der Waals surface area contributed by atoms with Gasteiger partial charge in [-0.1, -0.05) is 18.2 Å².